The normalized spacial score (nSPS) is 16.6. The Morgan fingerprint density at radius 1 is 1.12 bits per heavy atom. The Morgan fingerprint density at radius 3 is 2.18 bits per heavy atom. The van der Waals surface area contributed by atoms with Crippen LogP contribution in [-0.2, 0) is 4.79 Å². The minimum Gasteiger partial charge on any atom is -0.356 e. The first-order valence-electron chi connectivity index (χ1n) is 6.87. The topological polar surface area (TPSA) is 55.1 Å². The third kappa shape index (κ3) is 8.19. The summed E-state index contributed by atoms with van der Waals surface area (Å²) in [6.07, 6.45) is 2.97. The highest BCUT2D eigenvalue weighted by Gasteiger charge is 2.14. The van der Waals surface area contributed by atoms with Crippen molar-refractivity contribution in [2.24, 2.45) is 23.5 Å². The Balaban J connectivity index is 3.74. The van der Waals surface area contributed by atoms with E-state index in [9.17, 15) is 4.79 Å². The average Bonchev–Trinajstić information content (AvgIpc) is 2.24. The van der Waals surface area contributed by atoms with Gasteiger partial charge in [0.05, 0.1) is 0 Å². The predicted octanol–water partition coefficient (Wildman–Crippen LogP) is 2.55. The van der Waals surface area contributed by atoms with Crippen LogP contribution >= 0.6 is 0 Å². The lowest BCUT2D eigenvalue weighted by Crippen LogP contribution is -2.34. The molecule has 102 valence electrons. The summed E-state index contributed by atoms with van der Waals surface area (Å²) in [6, 6.07) is 0.242. The molecule has 0 aromatic carbocycles. The van der Waals surface area contributed by atoms with Crippen molar-refractivity contribution in [3.8, 4) is 0 Å². The van der Waals surface area contributed by atoms with Gasteiger partial charge in [-0.1, -0.05) is 34.1 Å². The summed E-state index contributed by atoms with van der Waals surface area (Å²) in [7, 11) is 0. The van der Waals surface area contributed by atoms with Crippen molar-refractivity contribution in [1.29, 1.82) is 0 Å². The van der Waals surface area contributed by atoms with Gasteiger partial charge < -0.3 is 11.1 Å². The Kier molecular flexibility index (Phi) is 8.23. The van der Waals surface area contributed by atoms with Crippen LogP contribution in [0.5, 0.6) is 0 Å². The van der Waals surface area contributed by atoms with Crippen LogP contribution in [-0.4, -0.2) is 18.5 Å². The minimum atomic E-state index is 0.105. The van der Waals surface area contributed by atoms with Crippen LogP contribution in [0, 0.1) is 17.8 Å². The van der Waals surface area contributed by atoms with Gasteiger partial charge in [-0.3, -0.25) is 4.79 Å². The summed E-state index contributed by atoms with van der Waals surface area (Å²) in [4.78, 5) is 11.8. The fourth-order valence-corrected chi connectivity index (χ4v) is 1.55. The largest absolute Gasteiger partial charge is 0.356 e. The van der Waals surface area contributed by atoms with Crippen molar-refractivity contribution < 1.29 is 4.79 Å². The Labute approximate surface area is 107 Å². The maximum Gasteiger partial charge on any atom is 0.222 e. The van der Waals surface area contributed by atoms with E-state index in [-0.39, 0.29) is 17.9 Å². The SMILES string of the molecule is CC(N)CCCC(C)C(=O)NCC(C)C(C)C. The Morgan fingerprint density at radius 2 is 1.71 bits per heavy atom. The Bertz CT molecular complexity index is 214. The van der Waals surface area contributed by atoms with Crippen LogP contribution in [0.4, 0.5) is 0 Å². The highest BCUT2D eigenvalue weighted by molar-refractivity contribution is 5.78. The molecule has 0 fully saturated rings. The zero-order valence-corrected chi connectivity index (χ0v) is 12.1. The van der Waals surface area contributed by atoms with Gasteiger partial charge in [0.1, 0.15) is 0 Å². The molecule has 17 heavy (non-hydrogen) atoms. The van der Waals surface area contributed by atoms with E-state index in [1.165, 1.54) is 0 Å². The van der Waals surface area contributed by atoms with Gasteiger partial charge in [0.15, 0.2) is 0 Å². The third-order valence-electron chi connectivity index (χ3n) is 3.48. The van der Waals surface area contributed by atoms with Crippen LogP contribution in [0.25, 0.3) is 0 Å². The van der Waals surface area contributed by atoms with Gasteiger partial charge in [-0.2, -0.15) is 0 Å². The van der Waals surface area contributed by atoms with Crippen LogP contribution in [0.3, 0.4) is 0 Å². The molecular weight excluding hydrogens is 212 g/mol. The maximum atomic E-state index is 11.8. The number of rotatable bonds is 8. The second-order valence-electron chi connectivity index (χ2n) is 5.78. The number of hydrogen-bond acceptors (Lipinski definition) is 2. The molecular formula is C14H30N2O. The van der Waals surface area contributed by atoms with Gasteiger partial charge in [0.2, 0.25) is 5.91 Å². The average molecular weight is 242 g/mol. The monoisotopic (exact) mass is 242 g/mol. The number of amides is 1. The molecule has 0 aliphatic rings. The quantitative estimate of drug-likeness (QED) is 0.687. The van der Waals surface area contributed by atoms with Gasteiger partial charge in [0, 0.05) is 18.5 Å². The number of nitrogens with two attached hydrogens (primary N) is 1. The fourth-order valence-electron chi connectivity index (χ4n) is 1.55. The number of carbonyl (C=O) groups is 1. The number of nitrogens with one attached hydrogen (secondary N) is 1. The number of carbonyl (C=O) groups excluding carboxylic acids is 1. The van der Waals surface area contributed by atoms with Crippen molar-refractivity contribution >= 4 is 5.91 Å². The van der Waals surface area contributed by atoms with E-state index in [1.807, 2.05) is 13.8 Å². The molecule has 0 rings (SSSR count). The molecule has 0 aliphatic carbocycles. The van der Waals surface area contributed by atoms with Crippen LogP contribution in [0.1, 0.15) is 53.9 Å². The molecule has 0 bridgehead atoms. The van der Waals surface area contributed by atoms with Crippen LogP contribution < -0.4 is 11.1 Å². The summed E-state index contributed by atoms with van der Waals surface area (Å²) in [5.41, 5.74) is 5.69. The molecule has 0 saturated heterocycles. The van der Waals surface area contributed by atoms with E-state index in [2.05, 4.69) is 26.1 Å². The zero-order chi connectivity index (χ0) is 13.4. The minimum absolute atomic E-state index is 0.105. The molecule has 3 nitrogen and oxygen atoms in total. The molecule has 0 aliphatic heterocycles. The van der Waals surface area contributed by atoms with E-state index in [0.717, 1.165) is 25.8 Å². The summed E-state index contributed by atoms with van der Waals surface area (Å²) < 4.78 is 0. The molecule has 0 aromatic heterocycles. The molecule has 3 unspecified atom stereocenters. The second kappa shape index (κ2) is 8.51. The van der Waals surface area contributed by atoms with Gasteiger partial charge in [-0.25, -0.2) is 0 Å². The van der Waals surface area contributed by atoms with Crippen LogP contribution in [0.2, 0.25) is 0 Å². The lowest BCUT2D eigenvalue weighted by molar-refractivity contribution is -0.124. The third-order valence-corrected chi connectivity index (χ3v) is 3.48. The molecule has 0 radical (unpaired) electrons. The summed E-state index contributed by atoms with van der Waals surface area (Å²) in [5.74, 6) is 1.44. The second-order valence-corrected chi connectivity index (χ2v) is 5.78. The van der Waals surface area contributed by atoms with E-state index >= 15 is 0 Å². The van der Waals surface area contributed by atoms with Crippen molar-refractivity contribution in [2.75, 3.05) is 6.54 Å². The molecule has 0 spiro atoms. The predicted molar refractivity (Wildman–Crippen MR) is 73.7 cm³/mol. The van der Waals surface area contributed by atoms with Crippen molar-refractivity contribution in [2.45, 2.75) is 59.9 Å². The van der Waals surface area contributed by atoms with Crippen LogP contribution in [0.15, 0.2) is 0 Å². The lowest BCUT2D eigenvalue weighted by atomic mass is 9.97. The van der Waals surface area contributed by atoms with Crippen molar-refractivity contribution in [3.63, 3.8) is 0 Å². The zero-order valence-electron chi connectivity index (χ0n) is 12.1. The smallest absolute Gasteiger partial charge is 0.222 e. The van der Waals surface area contributed by atoms with E-state index in [0.29, 0.717) is 11.8 Å². The molecule has 3 atom stereocenters. The summed E-state index contributed by atoms with van der Waals surface area (Å²) in [6.45, 7) is 11.3. The van der Waals surface area contributed by atoms with E-state index in [1.54, 1.807) is 0 Å². The number of hydrogen-bond donors (Lipinski definition) is 2. The molecule has 0 saturated carbocycles. The molecule has 1 amide bonds. The van der Waals surface area contributed by atoms with E-state index in [4.69, 9.17) is 5.73 Å². The first-order chi connectivity index (χ1) is 7.84. The van der Waals surface area contributed by atoms with Gasteiger partial charge in [-0.15, -0.1) is 0 Å². The summed E-state index contributed by atoms with van der Waals surface area (Å²) >= 11 is 0. The van der Waals surface area contributed by atoms with Gasteiger partial charge >= 0.3 is 0 Å². The highest BCUT2D eigenvalue weighted by Crippen LogP contribution is 2.11. The molecule has 3 N–H and O–H groups in total. The first-order valence-corrected chi connectivity index (χ1v) is 6.87. The fraction of sp³-hybridized carbons (Fsp3) is 0.929. The van der Waals surface area contributed by atoms with Gasteiger partial charge in [-0.05, 0) is 31.6 Å². The molecule has 0 aromatic rings. The van der Waals surface area contributed by atoms with Gasteiger partial charge in [0.25, 0.3) is 0 Å². The first kappa shape index (κ1) is 16.4. The summed E-state index contributed by atoms with van der Waals surface area (Å²) in [5, 5.41) is 3.03. The van der Waals surface area contributed by atoms with Crippen molar-refractivity contribution in [1.82, 2.24) is 5.32 Å². The standard InChI is InChI=1S/C14H30N2O/c1-10(2)12(4)9-16-14(17)11(3)7-6-8-13(5)15/h10-13H,6-9,15H2,1-5H3,(H,16,17). The molecule has 0 heterocycles. The maximum absolute atomic E-state index is 11.8. The lowest BCUT2D eigenvalue weighted by Gasteiger charge is -2.18. The van der Waals surface area contributed by atoms with E-state index < -0.39 is 0 Å². The Hall–Kier alpha value is -0.570. The highest BCUT2D eigenvalue weighted by atomic mass is 16.1. The van der Waals surface area contributed by atoms with Crippen molar-refractivity contribution in [3.05, 3.63) is 0 Å². The molecule has 3 heteroatoms.